The van der Waals surface area contributed by atoms with Gasteiger partial charge >= 0.3 is 5.97 Å². The van der Waals surface area contributed by atoms with Gasteiger partial charge in [-0.05, 0) is 24.3 Å². The molecule has 1 aromatic carbocycles. The standard InChI is InChI=1S/C14H15NO4/c1-18-12-5-3-2-4-10(12)13-7-6-9(19-13)8-11(15)14(16)17/h2-7,11H,8,15H2,1H3,(H,16,17). The van der Waals surface area contributed by atoms with Gasteiger partial charge in [0, 0.05) is 6.42 Å². The highest BCUT2D eigenvalue weighted by Gasteiger charge is 2.16. The van der Waals surface area contributed by atoms with E-state index in [1.807, 2.05) is 24.3 Å². The third-order valence-corrected chi connectivity index (χ3v) is 2.77. The van der Waals surface area contributed by atoms with E-state index < -0.39 is 12.0 Å². The van der Waals surface area contributed by atoms with E-state index in [0.29, 0.717) is 17.3 Å². The molecular weight excluding hydrogens is 246 g/mol. The van der Waals surface area contributed by atoms with Gasteiger partial charge in [-0.25, -0.2) is 0 Å². The van der Waals surface area contributed by atoms with Crippen molar-refractivity contribution in [2.45, 2.75) is 12.5 Å². The van der Waals surface area contributed by atoms with Crippen molar-refractivity contribution in [3.8, 4) is 17.1 Å². The Kier molecular flexibility index (Phi) is 3.87. The minimum atomic E-state index is -1.05. The molecule has 0 fully saturated rings. The number of para-hydroxylation sites is 1. The lowest BCUT2D eigenvalue weighted by atomic mass is 10.1. The zero-order valence-corrected chi connectivity index (χ0v) is 10.5. The van der Waals surface area contributed by atoms with Crippen molar-refractivity contribution in [1.82, 2.24) is 0 Å². The molecule has 0 spiro atoms. The van der Waals surface area contributed by atoms with Crippen LogP contribution < -0.4 is 10.5 Å². The number of carbonyl (C=O) groups is 1. The average Bonchev–Trinajstić information content (AvgIpc) is 2.86. The van der Waals surface area contributed by atoms with Crippen LogP contribution in [0.4, 0.5) is 0 Å². The van der Waals surface area contributed by atoms with Gasteiger partial charge in [0.15, 0.2) is 0 Å². The highest BCUT2D eigenvalue weighted by atomic mass is 16.5. The molecule has 0 saturated heterocycles. The monoisotopic (exact) mass is 261 g/mol. The van der Waals surface area contributed by atoms with Crippen molar-refractivity contribution in [2.75, 3.05) is 7.11 Å². The fraction of sp³-hybridized carbons (Fsp3) is 0.214. The van der Waals surface area contributed by atoms with Gasteiger partial charge in [0.25, 0.3) is 0 Å². The first kappa shape index (κ1) is 13.2. The Morgan fingerprint density at radius 1 is 1.37 bits per heavy atom. The van der Waals surface area contributed by atoms with E-state index in [-0.39, 0.29) is 6.42 Å². The number of hydrogen-bond acceptors (Lipinski definition) is 4. The lowest BCUT2D eigenvalue weighted by Crippen LogP contribution is -2.32. The van der Waals surface area contributed by atoms with Crippen LogP contribution >= 0.6 is 0 Å². The highest BCUT2D eigenvalue weighted by molar-refractivity contribution is 5.73. The summed E-state index contributed by atoms with van der Waals surface area (Å²) in [6.07, 6.45) is 0.157. The first-order valence-corrected chi connectivity index (χ1v) is 5.82. The van der Waals surface area contributed by atoms with Crippen LogP contribution in [-0.2, 0) is 11.2 Å². The molecule has 0 aliphatic rings. The number of carboxylic acid groups (broad SMARTS) is 1. The minimum absolute atomic E-state index is 0.157. The first-order valence-electron chi connectivity index (χ1n) is 5.82. The molecular formula is C14H15NO4. The van der Waals surface area contributed by atoms with Gasteiger partial charge < -0.3 is 20.0 Å². The third-order valence-electron chi connectivity index (χ3n) is 2.77. The van der Waals surface area contributed by atoms with Crippen molar-refractivity contribution < 1.29 is 19.1 Å². The summed E-state index contributed by atoms with van der Waals surface area (Å²) in [6, 6.07) is 10.00. The maximum atomic E-state index is 10.7. The quantitative estimate of drug-likeness (QED) is 0.858. The molecule has 1 aromatic heterocycles. The Morgan fingerprint density at radius 3 is 2.79 bits per heavy atom. The molecule has 0 aliphatic heterocycles. The van der Waals surface area contributed by atoms with Crippen molar-refractivity contribution in [3.05, 3.63) is 42.2 Å². The zero-order chi connectivity index (χ0) is 13.8. The van der Waals surface area contributed by atoms with Crippen LogP contribution in [0.15, 0.2) is 40.8 Å². The second-order valence-electron chi connectivity index (χ2n) is 4.12. The van der Waals surface area contributed by atoms with Crippen molar-refractivity contribution >= 4 is 5.97 Å². The van der Waals surface area contributed by atoms with Crippen LogP contribution in [0.1, 0.15) is 5.76 Å². The molecule has 0 radical (unpaired) electrons. The molecule has 0 amide bonds. The maximum Gasteiger partial charge on any atom is 0.320 e. The number of hydrogen-bond donors (Lipinski definition) is 2. The molecule has 2 rings (SSSR count). The van der Waals surface area contributed by atoms with Gasteiger partial charge in [-0.3, -0.25) is 4.79 Å². The van der Waals surface area contributed by atoms with Crippen LogP contribution in [0.5, 0.6) is 5.75 Å². The van der Waals surface area contributed by atoms with Gasteiger partial charge in [0.1, 0.15) is 23.3 Å². The van der Waals surface area contributed by atoms with Gasteiger partial charge in [0.05, 0.1) is 12.7 Å². The number of benzene rings is 1. The van der Waals surface area contributed by atoms with Crippen LogP contribution in [-0.4, -0.2) is 24.2 Å². The van der Waals surface area contributed by atoms with Gasteiger partial charge in [-0.1, -0.05) is 12.1 Å². The summed E-state index contributed by atoms with van der Waals surface area (Å²) >= 11 is 0. The van der Waals surface area contributed by atoms with Crippen molar-refractivity contribution in [3.63, 3.8) is 0 Å². The number of nitrogens with two attached hydrogens (primary N) is 1. The molecule has 5 nitrogen and oxygen atoms in total. The summed E-state index contributed by atoms with van der Waals surface area (Å²) in [5, 5.41) is 8.76. The fourth-order valence-corrected chi connectivity index (χ4v) is 1.78. The summed E-state index contributed by atoms with van der Waals surface area (Å²) in [4.78, 5) is 10.7. The normalized spacial score (nSPS) is 12.1. The Labute approximate surface area is 110 Å². The topological polar surface area (TPSA) is 85.7 Å². The first-order chi connectivity index (χ1) is 9.11. The van der Waals surface area contributed by atoms with E-state index in [4.69, 9.17) is 20.0 Å². The van der Waals surface area contributed by atoms with E-state index >= 15 is 0 Å². The molecule has 0 aliphatic carbocycles. The van der Waals surface area contributed by atoms with E-state index in [2.05, 4.69) is 0 Å². The number of methoxy groups -OCH3 is 1. The molecule has 1 heterocycles. The van der Waals surface area contributed by atoms with Crippen molar-refractivity contribution in [2.24, 2.45) is 5.73 Å². The summed E-state index contributed by atoms with van der Waals surface area (Å²) in [5.74, 6) is 0.821. The van der Waals surface area contributed by atoms with Crippen LogP contribution in [0, 0.1) is 0 Å². The predicted molar refractivity (Wildman–Crippen MR) is 70.0 cm³/mol. The lowest BCUT2D eigenvalue weighted by Gasteiger charge is -2.06. The van der Waals surface area contributed by atoms with E-state index in [1.54, 1.807) is 19.2 Å². The molecule has 3 N–H and O–H groups in total. The van der Waals surface area contributed by atoms with Gasteiger partial charge in [-0.15, -0.1) is 0 Å². The average molecular weight is 261 g/mol. The van der Waals surface area contributed by atoms with Crippen LogP contribution in [0.25, 0.3) is 11.3 Å². The van der Waals surface area contributed by atoms with Crippen LogP contribution in [0.2, 0.25) is 0 Å². The summed E-state index contributed by atoms with van der Waals surface area (Å²) in [6.45, 7) is 0. The van der Waals surface area contributed by atoms with E-state index in [9.17, 15) is 4.79 Å². The minimum Gasteiger partial charge on any atom is -0.496 e. The molecule has 1 unspecified atom stereocenters. The number of furan rings is 1. The molecule has 0 bridgehead atoms. The SMILES string of the molecule is COc1ccccc1-c1ccc(CC(N)C(=O)O)o1. The number of aliphatic carboxylic acids is 1. The number of ether oxygens (including phenoxy) is 1. The third kappa shape index (κ3) is 2.95. The number of carboxylic acids is 1. The second kappa shape index (κ2) is 5.58. The maximum absolute atomic E-state index is 10.7. The van der Waals surface area contributed by atoms with Crippen molar-refractivity contribution in [1.29, 1.82) is 0 Å². The fourth-order valence-electron chi connectivity index (χ4n) is 1.78. The lowest BCUT2D eigenvalue weighted by molar-refractivity contribution is -0.138. The highest BCUT2D eigenvalue weighted by Crippen LogP contribution is 2.31. The second-order valence-corrected chi connectivity index (χ2v) is 4.12. The molecule has 2 aromatic rings. The smallest absolute Gasteiger partial charge is 0.320 e. The summed E-state index contributed by atoms with van der Waals surface area (Å²) < 4.78 is 10.9. The van der Waals surface area contributed by atoms with E-state index in [1.165, 1.54) is 0 Å². The van der Waals surface area contributed by atoms with Crippen LogP contribution in [0.3, 0.4) is 0 Å². The molecule has 100 valence electrons. The predicted octanol–water partition coefficient (Wildman–Crippen LogP) is 1.91. The molecule has 5 heteroatoms. The Hall–Kier alpha value is -2.27. The van der Waals surface area contributed by atoms with E-state index in [0.717, 1.165) is 5.56 Å². The molecule has 1 atom stereocenters. The Balaban J connectivity index is 2.23. The molecule has 19 heavy (non-hydrogen) atoms. The molecule has 0 saturated carbocycles. The van der Waals surface area contributed by atoms with Gasteiger partial charge in [-0.2, -0.15) is 0 Å². The number of rotatable bonds is 5. The summed E-state index contributed by atoms with van der Waals surface area (Å²) in [5.41, 5.74) is 6.29. The Morgan fingerprint density at radius 2 is 2.11 bits per heavy atom. The summed E-state index contributed by atoms with van der Waals surface area (Å²) in [7, 11) is 1.59. The zero-order valence-electron chi connectivity index (χ0n) is 10.5. The largest absolute Gasteiger partial charge is 0.496 e. The van der Waals surface area contributed by atoms with Gasteiger partial charge in [0.2, 0.25) is 0 Å². The Bertz CT molecular complexity index is 576.